The maximum absolute atomic E-state index is 9.57. The van der Waals surface area contributed by atoms with Gasteiger partial charge < -0.3 is 16.2 Å². The van der Waals surface area contributed by atoms with Crippen molar-refractivity contribution in [2.24, 2.45) is 7.05 Å². The van der Waals surface area contributed by atoms with E-state index < -0.39 is 0 Å². The molecule has 0 saturated heterocycles. The molecule has 7 nitrogen and oxygen atoms in total. The van der Waals surface area contributed by atoms with Crippen LogP contribution in [0, 0.1) is 6.92 Å². The molecule has 2 rings (SSSR count). The van der Waals surface area contributed by atoms with Crippen LogP contribution in [-0.2, 0) is 19.9 Å². The Kier molecular flexibility index (Phi) is 6.54. The number of unbranched alkanes of at least 4 members (excludes halogenated alkanes) is 1. The van der Waals surface area contributed by atoms with Crippen LogP contribution in [0.2, 0.25) is 0 Å². The normalized spacial score (nSPS) is 12.3. The average Bonchev–Trinajstić information content (AvgIpc) is 2.88. The summed E-state index contributed by atoms with van der Waals surface area (Å²) >= 11 is 0. The van der Waals surface area contributed by atoms with Gasteiger partial charge in [-0.3, -0.25) is 4.68 Å². The van der Waals surface area contributed by atoms with Gasteiger partial charge in [0.25, 0.3) is 0 Å². The number of aryl methyl sites for hydroxylation is 4. The van der Waals surface area contributed by atoms with E-state index in [0.717, 1.165) is 49.2 Å². The minimum Gasteiger partial charge on any atom is -0.394 e. The van der Waals surface area contributed by atoms with Crippen LogP contribution in [-0.4, -0.2) is 37.5 Å². The van der Waals surface area contributed by atoms with Gasteiger partial charge in [-0.25, -0.2) is 4.98 Å². The maximum atomic E-state index is 9.57. The van der Waals surface area contributed by atoms with Crippen LogP contribution in [0.4, 0.5) is 11.8 Å². The summed E-state index contributed by atoms with van der Waals surface area (Å²) in [5, 5.41) is 17.3. The Bertz CT molecular complexity index is 655. The van der Waals surface area contributed by atoms with Crippen molar-refractivity contribution < 1.29 is 5.11 Å². The highest BCUT2D eigenvalue weighted by atomic mass is 16.3. The predicted molar refractivity (Wildman–Crippen MR) is 95.8 cm³/mol. The standard InChI is InChI=1S/C17H28N6O/c1-4-5-6-14(11-24)20-16-13(10-19-17(18)21-16)7-8-15-9-12(2)22-23(15)3/h9-10,14,24H,4-8,11H2,1-3H3,(H3,18,19,20,21). The second-order valence-corrected chi connectivity index (χ2v) is 6.17. The highest BCUT2D eigenvalue weighted by Crippen LogP contribution is 2.18. The smallest absolute Gasteiger partial charge is 0.221 e. The molecule has 2 aromatic rings. The summed E-state index contributed by atoms with van der Waals surface area (Å²) in [7, 11) is 1.95. The lowest BCUT2D eigenvalue weighted by molar-refractivity contribution is 0.267. The lowest BCUT2D eigenvalue weighted by Gasteiger charge is -2.19. The molecule has 7 heteroatoms. The number of nitrogens with zero attached hydrogens (tertiary/aromatic N) is 4. The quantitative estimate of drug-likeness (QED) is 0.648. The second kappa shape index (κ2) is 8.63. The number of aliphatic hydroxyl groups is 1. The summed E-state index contributed by atoms with van der Waals surface area (Å²) in [4.78, 5) is 8.45. The number of aromatic nitrogens is 4. The number of nitrogens with one attached hydrogen (secondary N) is 1. The average molecular weight is 332 g/mol. The zero-order valence-corrected chi connectivity index (χ0v) is 14.8. The van der Waals surface area contributed by atoms with Crippen LogP contribution in [0.5, 0.6) is 0 Å². The highest BCUT2D eigenvalue weighted by molar-refractivity contribution is 5.47. The van der Waals surface area contributed by atoms with Crippen molar-refractivity contribution in [2.75, 3.05) is 17.7 Å². The van der Waals surface area contributed by atoms with Crippen molar-refractivity contribution in [2.45, 2.75) is 52.0 Å². The van der Waals surface area contributed by atoms with Gasteiger partial charge in [-0.1, -0.05) is 19.8 Å². The second-order valence-electron chi connectivity index (χ2n) is 6.17. The fourth-order valence-electron chi connectivity index (χ4n) is 2.74. The van der Waals surface area contributed by atoms with Crippen molar-refractivity contribution >= 4 is 11.8 Å². The van der Waals surface area contributed by atoms with Crippen molar-refractivity contribution in [3.63, 3.8) is 0 Å². The lowest BCUT2D eigenvalue weighted by atomic mass is 10.1. The summed E-state index contributed by atoms with van der Waals surface area (Å²) in [5.74, 6) is 0.960. The molecular formula is C17H28N6O. The molecule has 0 radical (unpaired) electrons. The number of nitrogens with two attached hydrogens (primary N) is 1. The summed E-state index contributed by atoms with van der Waals surface area (Å²) in [6.07, 6.45) is 6.45. The third-order valence-corrected chi connectivity index (χ3v) is 4.10. The Morgan fingerprint density at radius 1 is 1.38 bits per heavy atom. The molecule has 1 unspecified atom stereocenters. The summed E-state index contributed by atoms with van der Waals surface area (Å²) in [5.41, 5.74) is 8.92. The molecule has 0 aliphatic carbocycles. The molecule has 0 aromatic carbocycles. The summed E-state index contributed by atoms with van der Waals surface area (Å²) in [6.45, 7) is 4.20. The number of nitrogen functional groups attached to an aromatic ring is 1. The molecule has 0 bridgehead atoms. The van der Waals surface area contributed by atoms with Crippen molar-refractivity contribution in [3.05, 3.63) is 29.2 Å². The van der Waals surface area contributed by atoms with Crippen molar-refractivity contribution in [1.29, 1.82) is 0 Å². The van der Waals surface area contributed by atoms with E-state index >= 15 is 0 Å². The Labute approximate surface area is 143 Å². The van der Waals surface area contributed by atoms with Gasteiger partial charge in [0.05, 0.1) is 18.3 Å². The number of hydrogen-bond donors (Lipinski definition) is 3. The molecule has 4 N–H and O–H groups in total. The third kappa shape index (κ3) is 4.92. The fraction of sp³-hybridized carbons (Fsp3) is 0.588. The molecule has 0 amide bonds. The molecule has 0 fully saturated rings. The maximum Gasteiger partial charge on any atom is 0.221 e. The lowest BCUT2D eigenvalue weighted by Crippen LogP contribution is -2.25. The van der Waals surface area contributed by atoms with Gasteiger partial charge in [0.1, 0.15) is 5.82 Å². The zero-order chi connectivity index (χ0) is 17.5. The topological polar surface area (TPSA) is 102 Å². The van der Waals surface area contributed by atoms with Crippen molar-refractivity contribution in [1.82, 2.24) is 19.7 Å². The van der Waals surface area contributed by atoms with Crippen LogP contribution in [0.25, 0.3) is 0 Å². The van der Waals surface area contributed by atoms with E-state index in [1.807, 2.05) is 18.7 Å². The molecule has 0 saturated carbocycles. The van der Waals surface area contributed by atoms with E-state index in [-0.39, 0.29) is 18.6 Å². The fourth-order valence-corrected chi connectivity index (χ4v) is 2.74. The minimum absolute atomic E-state index is 0.0167. The van der Waals surface area contributed by atoms with E-state index in [1.54, 1.807) is 6.20 Å². The molecule has 1 atom stereocenters. The Morgan fingerprint density at radius 2 is 2.17 bits per heavy atom. The Morgan fingerprint density at radius 3 is 2.79 bits per heavy atom. The first-order valence-corrected chi connectivity index (χ1v) is 8.51. The molecule has 0 aliphatic rings. The molecular weight excluding hydrogens is 304 g/mol. The van der Waals surface area contributed by atoms with E-state index in [2.05, 4.69) is 33.4 Å². The van der Waals surface area contributed by atoms with E-state index in [0.29, 0.717) is 0 Å². The number of hydrogen-bond acceptors (Lipinski definition) is 6. The van der Waals surface area contributed by atoms with E-state index in [9.17, 15) is 5.11 Å². The largest absolute Gasteiger partial charge is 0.394 e. The van der Waals surface area contributed by atoms with Crippen LogP contribution in [0.15, 0.2) is 12.3 Å². The van der Waals surface area contributed by atoms with Crippen molar-refractivity contribution in [3.8, 4) is 0 Å². The molecule has 2 aromatic heterocycles. The molecule has 0 aliphatic heterocycles. The third-order valence-electron chi connectivity index (χ3n) is 4.10. The van der Waals surface area contributed by atoms with E-state index in [1.165, 1.54) is 5.69 Å². The predicted octanol–water partition coefficient (Wildman–Crippen LogP) is 1.85. The van der Waals surface area contributed by atoms with Gasteiger partial charge >= 0.3 is 0 Å². The SMILES string of the molecule is CCCCC(CO)Nc1nc(N)ncc1CCc1cc(C)nn1C. The monoisotopic (exact) mass is 332 g/mol. The summed E-state index contributed by atoms with van der Waals surface area (Å²) in [6, 6.07) is 2.07. The first-order valence-electron chi connectivity index (χ1n) is 8.51. The number of aliphatic hydroxyl groups excluding tert-OH is 1. The Balaban J connectivity index is 2.10. The van der Waals surface area contributed by atoms with Gasteiger partial charge in [0.15, 0.2) is 0 Å². The molecule has 0 spiro atoms. The highest BCUT2D eigenvalue weighted by Gasteiger charge is 2.13. The van der Waals surface area contributed by atoms with Crippen LogP contribution < -0.4 is 11.1 Å². The van der Waals surface area contributed by atoms with Gasteiger partial charge in [-0.05, 0) is 32.3 Å². The van der Waals surface area contributed by atoms with Gasteiger partial charge in [-0.2, -0.15) is 10.1 Å². The molecule has 24 heavy (non-hydrogen) atoms. The zero-order valence-electron chi connectivity index (χ0n) is 14.8. The van der Waals surface area contributed by atoms with Gasteiger partial charge in [-0.15, -0.1) is 0 Å². The number of rotatable bonds is 9. The van der Waals surface area contributed by atoms with Gasteiger partial charge in [0.2, 0.25) is 5.95 Å². The van der Waals surface area contributed by atoms with Crippen LogP contribution >= 0.6 is 0 Å². The first kappa shape index (κ1) is 18.2. The Hall–Kier alpha value is -2.15. The molecule has 132 valence electrons. The minimum atomic E-state index is -0.0167. The van der Waals surface area contributed by atoms with Crippen LogP contribution in [0.3, 0.4) is 0 Å². The summed E-state index contributed by atoms with van der Waals surface area (Å²) < 4.78 is 1.90. The number of anilines is 2. The van der Waals surface area contributed by atoms with E-state index in [4.69, 9.17) is 5.73 Å². The van der Waals surface area contributed by atoms with Gasteiger partial charge in [0, 0.05) is 24.5 Å². The van der Waals surface area contributed by atoms with Crippen LogP contribution in [0.1, 0.15) is 43.1 Å². The molecule has 2 heterocycles. The first-order chi connectivity index (χ1) is 11.5.